The third-order valence-electron chi connectivity index (χ3n) is 4.07. The zero-order valence-electron chi connectivity index (χ0n) is 10.7. The molecule has 3 heteroatoms. The lowest BCUT2D eigenvalue weighted by atomic mass is 9.87. The smallest absolute Gasteiger partial charge is 0.171 e. The van der Waals surface area contributed by atoms with Gasteiger partial charge in [0.1, 0.15) is 0 Å². The van der Waals surface area contributed by atoms with E-state index in [1.807, 2.05) is 0 Å². The van der Waals surface area contributed by atoms with Crippen LogP contribution >= 0.6 is 0 Å². The molecular weight excluding hydrogens is 216 g/mol. The van der Waals surface area contributed by atoms with Crippen LogP contribution in [0.15, 0.2) is 12.2 Å². The van der Waals surface area contributed by atoms with Gasteiger partial charge in [0.25, 0.3) is 0 Å². The molecule has 0 radical (unpaired) electrons. The topological polar surface area (TPSA) is 38.7 Å². The monoisotopic (exact) mass is 240 g/mol. The number of allylic oxidation sites excluding steroid dienone is 2. The highest BCUT2D eigenvalue weighted by Gasteiger charge is 2.51. The first-order valence-corrected chi connectivity index (χ1v) is 6.86. The lowest BCUT2D eigenvalue weighted by Crippen LogP contribution is -2.36. The summed E-state index contributed by atoms with van der Waals surface area (Å²) >= 11 is 0. The van der Waals surface area contributed by atoms with Crippen molar-refractivity contribution >= 4 is 0 Å². The normalized spacial score (nSPS) is 31.9. The summed E-state index contributed by atoms with van der Waals surface area (Å²) in [7, 11) is 0. The summed E-state index contributed by atoms with van der Waals surface area (Å²) in [6.07, 6.45) is 9.52. The van der Waals surface area contributed by atoms with E-state index in [-0.39, 0.29) is 12.4 Å². The molecule has 0 aromatic rings. The molecule has 0 unspecified atom stereocenters. The van der Waals surface area contributed by atoms with Crippen LogP contribution in [0.1, 0.15) is 39.0 Å². The van der Waals surface area contributed by atoms with Gasteiger partial charge in [-0.3, -0.25) is 0 Å². The van der Waals surface area contributed by atoms with Crippen LogP contribution in [0.5, 0.6) is 0 Å². The zero-order valence-corrected chi connectivity index (χ0v) is 10.7. The first-order chi connectivity index (χ1) is 8.32. The molecule has 1 saturated heterocycles. The second-order valence-electron chi connectivity index (χ2n) is 5.04. The highest BCUT2D eigenvalue weighted by atomic mass is 16.7. The van der Waals surface area contributed by atoms with Crippen LogP contribution in [0.3, 0.4) is 0 Å². The molecule has 1 aliphatic heterocycles. The average molecular weight is 240 g/mol. The van der Waals surface area contributed by atoms with E-state index < -0.39 is 0 Å². The summed E-state index contributed by atoms with van der Waals surface area (Å²) < 4.78 is 11.8. The highest BCUT2D eigenvalue weighted by Crippen LogP contribution is 2.48. The molecule has 2 aliphatic rings. The van der Waals surface area contributed by atoms with Crippen molar-refractivity contribution in [2.45, 2.75) is 44.8 Å². The first-order valence-electron chi connectivity index (χ1n) is 6.86. The van der Waals surface area contributed by atoms with Gasteiger partial charge in [0.2, 0.25) is 0 Å². The first kappa shape index (κ1) is 13.1. The second-order valence-corrected chi connectivity index (χ2v) is 5.04. The van der Waals surface area contributed by atoms with E-state index >= 15 is 0 Å². The maximum absolute atomic E-state index is 9.15. The van der Waals surface area contributed by atoms with Crippen molar-refractivity contribution in [3.8, 4) is 0 Å². The maximum atomic E-state index is 9.15. The summed E-state index contributed by atoms with van der Waals surface area (Å²) in [5, 5.41) is 9.15. The van der Waals surface area contributed by atoms with Gasteiger partial charge in [0.05, 0.1) is 13.2 Å². The largest absolute Gasteiger partial charge is 0.396 e. The van der Waals surface area contributed by atoms with Crippen molar-refractivity contribution in [2.75, 3.05) is 19.8 Å². The molecule has 98 valence electrons. The van der Waals surface area contributed by atoms with Gasteiger partial charge < -0.3 is 14.6 Å². The van der Waals surface area contributed by atoms with Crippen LogP contribution in [0.25, 0.3) is 0 Å². The molecule has 1 saturated carbocycles. The molecule has 1 spiro atoms. The molecule has 0 bridgehead atoms. The predicted molar refractivity (Wildman–Crippen MR) is 66.6 cm³/mol. The van der Waals surface area contributed by atoms with Gasteiger partial charge in [-0.05, 0) is 31.6 Å². The molecule has 0 aromatic heterocycles. The molecule has 1 heterocycles. The van der Waals surface area contributed by atoms with E-state index in [2.05, 4.69) is 19.1 Å². The third kappa shape index (κ3) is 2.72. The van der Waals surface area contributed by atoms with Crippen molar-refractivity contribution in [3.63, 3.8) is 0 Å². The Kier molecular flexibility index (Phi) is 4.60. The molecule has 0 amide bonds. The Morgan fingerprint density at radius 3 is 2.71 bits per heavy atom. The lowest BCUT2D eigenvalue weighted by molar-refractivity contribution is -0.185. The van der Waals surface area contributed by atoms with E-state index in [1.54, 1.807) is 0 Å². The summed E-state index contributed by atoms with van der Waals surface area (Å²) in [5.41, 5.74) is 0. The average Bonchev–Trinajstić information content (AvgIpc) is 2.92. The number of hydrogen-bond acceptors (Lipinski definition) is 3. The van der Waals surface area contributed by atoms with Crippen molar-refractivity contribution in [1.82, 2.24) is 0 Å². The molecule has 0 aromatic carbocycles. The number of aliphatic hydroxyl groups is 1. The molecule has 2 rings (SSSR count). The Labute approximate surface area is 104 Å². The van der Waals surface area contributed by atoms with Crippen molar-refractivity contribution in [1.29, 1.82) is 0 Å². The van der Waals surface area contributed by atoms with Gasteiger partial charge in [-0.15, -0.1) is 0 Å². The van der Waals surface area contributed by atoms with Gasteiger partial charge in [-0.1, -0.05) is 19.1 Å². The fourth-order valence-electron chi connectivity index (χ4n) is 3.25. The quantitative estimate of drug-likeness (QED) is 0.750. The Morgan fingerprint density at radius 2 is 2.06 bits per heavy atom. The molecule has 1 aliphatic carbocycles. The minimum Gasteiger partial charge on any atom is -0.396 e. The fraction of sp³-hybridized carbons (Fsp3) is 0.857. The summed E-state index contributed by atoms with van der Waals surface area (Å²) in [5.74, 6) is 0.623. The SMILES string of the molecule is CC/C=C\C[C@@H]1[C@@H](CCO)CCC12OCCO2. The second kappa shape index (κ2) is 5.98. The molecule has 2 fully saturated rings. The van der Waals surface area contributed by atoms with Crippen LogP contribution < -0.4 is 0 Å². The summed E-state index contributed by atoms with van der Waals surface area (Å²) in [6, 6.07) is 0. The number of hydrogen-bond donors (Lipinski definition) is 1. The maximum Gasteiger partial charge on any atom is 0.171 e. The van der Waals surface area contributed by atoms with Crippen molar-refractivity contribution in [2.24, 2.45) is 11.8 Å². The molecule has 17 heavy (non-hydrogen) atoms. The number of rotatable bonds is 5. The summed E-state index contributed by atoms with van der Waals surface area (Å²) in [4.78, 5) is 0. The Hall–Kier alpha value is -0.380. The molecule has 2 atom stereocenters. The van der Waals surface area contributed by atoms with E-state index in [0.29, 0.717) is 11.8 Å². The number of aliphatic hydroxyl groups excluding tert-OH is 1. The van der Waals surface area contributed by atoms with Gasteiger partial charge in [0, 0.05) is 18.9 Å². The van der Waals surface area contributed by atoms with Gasteiger partial charge in [0.15, 0.2) is 5.79 Å². The van der Waals surface area contributed by atoms with Crippen LogP contribution in [0.4, 0.5) is 0 Å². The Bertz CT molecular complexity index is 256. The minimum atomic E-state index is -0.335. The van der Waals surface area contributed by atoms with Crippen LogP contribution in [0, 0.1) is 11.8 Å². The van der Waals surface area contributed by atoms with E-state index in [0.717, 1.165) is 45.3 Å². The Morgan fingerprint density at radius 1 is 1.29 bits per heavy atom. The zero-order chi connectivity index (χ0) is 12.1. The van der Waals surface area contributed by atoms with Crippen molar-refractivity contribution in [3.05, 3.63) is 12.2 Å². The fourth-order valence-corrected chi connectivity index (χ4v) is 3.25. The van der Waals surface area contributed by atoms with Gasteiger partial charge >= 0.3 is 0 Å². The van der Waals surface area contributed by atoms with Crippen LogP contribution in [0.2, 0.25) is 0 Å². The highest BCUT2D eigenvalue weighted by molar-refractivity contribution is 4.98. The van der Waals surface area contributed by atoms with Gasteiger partial charge in [-0.2, -0.15) is 0 Å². The van der Waals surface area contributed by atoms with E-state index in [9.17, 15) is 0 Å². The van der Waals surface area contributed by atoms with E-state index in [1.165, 1.54) is 0 Å². The van der Waals surface area contributed by atoms with Crippen LogP contribution in [-0.4, -0.2) is 30.7 Å². The van der Waals surface area contributed by atoms with Crippen LogP contribution in [-0.2, 0) is 9.47 Å². The minimum absolute atomic E-state index is 0.273. The summed E-state index contributed by atoms with van der Waals surface area (Å²) in [6.45, 7) is 3.86. The molecular formula is C14H24O3. The van der Waals surface area contributed by atoms with Crippen molar-refractivity contribution < 1.29 is 14.6 Å². The third-order valence-corrected chi connectivity index (χ3v) is 4.07. The molecule has 1 N–H and O–H groups in total. The number of ether oxygens (including phenoxy) is 2. The lowest BCUT2D eigenvalue weighted by Gasteiger charge is -2.31. The standard InChI is InChI=1S/C14H24O3/c1-2-3-4-5-13-12(7-9-15)6-8-14(13)16-10-11-17-14/h3-4,12-13,15H,2,5-11H2,1H3/b4-3-/t12-,13-/m1/s1. The van der Waals surface area contributed by atoms with E-state index in [4.69, 9.17) is 14.6 Å². The van der Waals surface area contributed by atoms with Gasteiger partial charge in [-0.25, -0.2) is 0 Å². The molecule has 3 nitrogen and oxygen atoms in total. The predicted octanol–water partition coefficient (Wildman–Crippen LogP) is 2.49. The Balaban J connectivity index is 2.03.